The van der Waals surface area contributed by atoms with Crippen LogP contribution in [0, 0.1) is 0 Å². The van der Waals surface area contributed by atoms with E-state index >= 15 is 0 Å². The Morgan fingerprint density at radius 1 is 1.32 bits per heavy atom. The van der Waals surface area contributed by atoms with Gasteiger partial charge in [0.2, 0.25) is 10.0 Å². The Bertz CT molecular complexity index is 722. The van der Waals surface area contributed by atoms with Crippen LogP contribution in [0.25, 0.3) is 10.9 Å². The zero-order valence-electron chi connectivity index (χ0n) is 10.1. The highest BCUT2D eigenvalue weighted by molar-refractivity contribution is 7.89. The van der Waals surface area contributed by atoms with Crippen LogP contribution in [0.5, 0.6) is 0 Å². The molecule has 0 fully saturated rings. The highest BCUT2D eigenvalue weighted by atomic mass is 32.2. The highest BCUT2D eigenvalue weighted by Gasteiger charge is 2.25. The Kier molecular flexibility index (Phi) is 3.50. The van der Waals surface area contributed by atoms with Crippen molar-refractivity contribution in [3.63, 3.8) is 0 Å². The summed E-state index contributed by atoms with van der Waals surface area (Å²) < 4.78 is 25.4. The summed E-state index contributed by atoms with van der Waals surface area (Å²) in [4.78, 5) is 14.7. The number of carboxylic acid groups (broad SMARTS) is 1. The lowest BCUT2D eigenvalue weighted by Crippen LogP contribution is -2.32. The molecule has 7 heteroatoms. The van der Waals surface area contributed by atoms with E-state index in [2.05, 4.69) is 4.98 Å². The summed E-state index contributed by atoms with van der Waals surface area (Å²) in [5.74, 6) is -1.21. The number of nitrogens with zero attached hydrogens (tertiary/aromatic N) is 2. The molecule has 1 N–H and O–H groups in total. The fraction of sp³-hybridized carbons (Fsp3) is 0.167. The normalized spacial score (nSPS) is 11.9. The summed E-state index contributed by atoms with van der Waals surface area (Å²) in [6.07, 6.45) is 1.50. The minimum absolute atomic E-state index is 0.00866. The maximum atomic E-state index is 12.3. The first-order valence-corrected chi connectivity index (χ1v) is 6.89. The van der Waals surface area contributed by atoms with Crippen molar-refractivity contribution in [3.8, 4) is 0 Å². The van der Waals surface area contributed by atoms with Gasteiger partial charge in [0, 0.05) is 18.6 Å². The number of hydrogen-bond donors (Lipinski definition) is 1. The van der Waals surface area contributed by atoms with Crippen molar-refractivity contribution in [2.45, 2.75) is 4.90 Å². The first-order chi connectivity index (χ1) is 8.93. The number of hydrogen-bond acceptors (Lipinski definition) is 4. The number of likely N-dealkylation sites (N-methyl/N-ethyl adjacent to an activating group) is 1. The van der Waals surface area contributed by atoms with Gasteiger partial charge < -0.3 is 5.11 Å². The molecule has 1 aromatic heterocycles. The molecule has 0 aliphatic rings. The van der Waals surface area contributed by atoms with Crippen LogP contribution in [0.4, 0.5) is 0 Å². The van der Waals surface area contributed by atoms with E-state index in [4.69, 9.17) is 5.11 Å². The Labute approximate surface area is 110 Å². The lowest BCUT2D eigenvalue weighted by atomic mass is 10.2. The molecule has 1 heterocycles. The highest BCUT2D eigenvalue weighted by Crippen LogP contribution is 2.22. The summed E-state index contributed by atoms with van der Waals surface area (Å²) in [5.41, 5.74) is 0.335. The van der Waals surface area contributed by atoms with Crippen molar-refractivity contribution in [1.29, 1.82) is 0 Å². The molecule has 2 aromatic rings. The monoisotopic (exact) mass is 280 g/mol. The zero-order chi connectivity index (χ0) is 14.0. The van der Waals surface area contributed by atoms with Gasteiger partial charge in [-0.2, -0.15) is 4.31 Å². The molecule has 6 nitrogen and oxygen atoms in total. The molecule has 0 saturated heterocycles. The molecule has 0 unspecified atom stereocenters. The van der Waals surface area contributed by atoms with Gasteiger partial charge in [0.15, 0.2) is 0 Å². The smallest absolute Gasteiger partial charge is 0.318 e. The number of aromatic nitrogens is 1. The van der Waals surface area contributed by atoms with Crippen LogP contribution in [0.2, 0.25) is 0 Å². The summed E-state index contributed by atoms with van der Waals surface area (Å²) in [6.45, 7) is -0.592. The van der Waals surface area contributed by atoms with Crippen molar-refractivity contribution < 1.29 is 18.3 Å². The predicted octanol–water partition coefficient (Wildman–Crippen LogP) is 0.940. The first kappa shape index (κ1) is 13.4. The standard InChI is InChI=1S/C12H12N2O4S/c1-14(8-11(15)16)19(17,18)10-6-2-4-9-5-3-7-13-12(9)10/h2-7H,8H2,1H3,(H,15,16). The Morgan fingerprint density at radius 2 is 2.00 bits per heavy atom. The summed E-state index contributed by atoms with van der Waals surface area (Å²) in [7, 11) is -2.64. The van der Waals surface area contributed by atoms with Crippen LogP contribution in [0.15, 0.2) is 41.4 Å². The third-order valence-corrected chi connectivity index (χ3v) is 4.48. The molecule has 1 aromatic carbocycles. The largest absolute Gasteiger partial charge is 0.480 e. The van der Waals surface area contributed by atoms with E-state index in [9.17, 15) is 13.2 Å². The molecule has 0 radical (unpaired) electrons. The minimum atomic E-state index is -3.87. The minimum Gasteiger partial charge on any atom is -0.480 e. The van der Waals surface area contributed by atoms with E-state index in [-0.39, 0.29) is 4.90 Å². The molecule has 2 rings (SSSR count). The van der Waals surface area contributed by atoms with Gasteiger partial charge >= 0.3 is 5.97 Å². The van der Waals surface area contributed by atoms with Crippen molar-refractivity contribution in [3.05, 3.63) is 36.5 Å². The molecule has 0 bridgehead atoms. The van der Waals surface area contributed by atoms with Gasteiger partial charge in [-0.1, -0.05) is 18.2 Å². The number of rotatable bonds is 4. The van der Waals surface area contributed by atoms with Crippen molar-refractivity contribution in [2.75, 3.05) is 13.6 Å². The summed E-state index contributed by atoms with van der Waals surface area (Å²) in [5, 5.41) is 9.37. The molecule has 19 heavy (non-hydrogen) atoms. The molecular weight excluding hydrogens is 268 g/mol. The quantitative estimate of drug-likeness (QED) is 0.900. The second-order valence-corrected chi connectivity index (χ2v) is 6.00. The lowest BCUT2D eigenvalue weighted by molar-refractivity contribution is -0.137. The van der Waals surface area contributed by atoms with Gasteiger partial charge in [0.05, 0.1) is 5.52 Å². The summed E-state index contributed by atoms with van der Waals surface area (Å²) in [6, 6.07) is 8.23. The average molecular weight is 280 g/mol. The molecule has 0 aliphatic carbocycles. The number of carbonyl (C=O) groups is 1. The van der Waals surface area contributed by atoms with E-state index in [1.165, 1.54) is 19.3 Å². The fourth-order valence-corrected chi connectivity index (χ4v) is 3.01. The first-order valence-electron chi connectivity index (χ1n) is 5.45. The number of aliphatic carboxylic acids is 1. The molecule has 0 aliphatic heterocycles. The SMILES string of the molecule is CN(CC(=O)O)S(=O)(=O)c1cccc2cccnc12. The molecular formula is C12H12N2O4S. The topological polar surface area (TPSA) is 87.6 Å². The van der Waals surface area contributed by atoms with Gasteiger partial charge in [-0.25, -0.2) is 8.42 Å². The van der Waals surface area contributed by atoms with Crippen LogP contribution in [0.3, 0.4) is 0 Å². The van der Waals surface area contributed by atoms with Crippen molar-refractivity contribution >= 4 is 26.9 Å². The average Bonchev–Trinajstić information content (AvgIpc) is 2.37. The van der Waals surface area contributed by atoms with Crippen molar-refractivity contribution in [2.24, 2.45) is 0 Å². The molecule has 0 saturated carbocycles. The van der Waals surface area contributed by atoms with Gasteiger partial charge in [-0.05, 0) is 12.1 Å². The molecule has 0 amide bonds. The Balaban J connectivity index is 2.58. The number of carboxylic acids is 1. The lowest BCUT2D eigenvalue weighted by Gasteiger charge is -2.15. The van der Waals surface area contributed by atoms with Crippen LogP contribution in [0.1, 0.15) is 0 Å². The Morgan fingerprint density at radius 3 is 2.68 bits per heavy atom. The van der Waals surface area contributed by atoms with Crippen LogP contribution >= 0.6 is 0 Å². The number of sulfonamides is 1. The number of para-hydroxylation sites is 1. The fourth-order valence-electron chi connectivity index (χ4n) is 1.73. The van der Waals surface area contributed by atoms with E-state index in [0.717, 1.165) is 4.31 Å². The van der Waals surface area contributed by atoms with E-state index in [1.54, 1.807) is 24.3 Å². The number of benzene rings is 1. The maximum absolute atomic E-state index is 12.3. The molecule has 0 spiro atoms. The van der Waals surface area contributed by atoms with Crippen LogP contribution in [-0.2, 0) is 14.8 Å². The van der Waals surface area contributed by atoms with Gasteiger partial charge in [-0.15, -0.1) is 0 Å². The Hall–Kier alpha value is -1.99. The predicted molar refractivity (Wildman–Crippen MR) is 69.2 cm³/mol. The number of fused-ring (bicyclic) bond motifs is 1. The van der Waals surface area contributed by atoms with E-state index < -0.39 is 22.5 Å². The van der Waals surface area contributed by atoms with Crippen molar-refractivity contribution in [1.82, 2.24) is 9.29 Å². The van der Waals surface area contributed by atoms with Crippen LogP contribution in [-0.4, -0.2) is 42.4 Å². The zero-order valence-corrected chi connectivity index (χ0v) is 11.0. The number of pyridine rings is 1. The van der Waals surface area contributed by atoms with Crippen LogP contribution < -0.4 is 0 Å². The second-order valence-electron chi connectivity index (χ2n) is 3.99. The maximum Gasteiger partial charge on any atom is 0.318 e. The molecule has 100 valence electrons. The third kappa shape index (κ3) is 2.56. The molecule has 0 atom stereocenters. The summed E-state index contributed by atoms with van der Waals surface area (Å²) >= 11 is 0. The van der Waals surface area contributed by atoms with E-state index in [0.29, 0.717) is 10.9 Å². The second kappa shape index (κ2) is 4.94. The van der Waals surface area contributed by atoms with Gasteiger partial charge in [0.1, 0.15) is 11.4 Å². The van der Waals surface area contributed by atoms with Gasteiger partial charge in [0.25, 0.3) is 0 Å². The van der Waals surface area contributed by atoms with E-state index in [1.807, 2.05) is 0 Å². The third-order valence-electron chi connectivity index (χ3n) is 2.64. The van der Waals surface area contributed by atoms with Gasteiger partial charge in [-0.3, -0.25) is 9.78 Å².